The molecule has 0 spiro atoms. The van der Waals surface area contributed by atoms with Crippen molar-refractivity contribution in [2.75, 3.05) is 0 Å². The smallest absolute Gasteiger partial charge is 0.420 e. The number of benzene rings is 1. The number of carbonyl (C=O) groups excluding carboxylic acids is 1. The molecule has 2 N–H and O–H groups in total. The lowest BCUT2D eigenvalue weighted by atomic mass is 10.0. The van der Waals surface area contributed by atoms with Gasteiger partial charge in [-0.05, 0) is 57.2 Å². The van der Waals surface area contributed by atoms with Crippen LogP contribution in [0.5, 0.6) is 0 Å². The Morgan fingerprint density at radius 3 is 2.76 bits per heavy atom. The zero-order valence-electron chi connectivity index (χ0n) is 12.9. The second-order valence-electron chi connectivity index (χ2n) is 6.23. The maximum Gasteiger partial charge on any atom is 0.420 e. The van der Waals surface area contributed by atoms with Crippen molar-refractivity contribution >= 4 is 17.3 Å². The molecule has 21 heavy (non-hydrogen) atoms. The number of hydrogen-bond acceptors (Lipinski definition) is 3. The lowest BCUT2D eigenvalue weighted by Gasteiger charge is -2.20. The number of amides is 1. The van der Waals surface area contributed by atoms with Crippen molar-refractivity contribution in [2.24, 2.45) is 0 Å². The SMILES string of the molecule is Cc1cccc2c1C(NS(=O)NC(=O)OC(C)(C)C)CC2. The van der Waals surface area contributed by atoms with Crippen LogP contribution in [-0.4, -0.2) is 15.9 Å². The highest BCUT2D eigenvalue weighted by Crippen LogP contribution is 2.33. The third-order valence-electron chi connectivity index (χ3n) is 3.29. The largest absolute Gasteiger partial charge is 0.443 e. The van der Waals surface area contributed by atoms with Gasteiger partial charge in [-0.15, -0.1) is 0 Å². The van der Waals surface area contributed by atoms with E-state index in [1.54, 1.807) is 20.8 Å². The molecule has 0 saturated heterocycles. The standard InChI is InChI=1S/C15H22N2O3S/c1-10-6-5-7-11-8-9-12(13(10)11)16-21(19)17-14(18)20-15(2,3)4/h5-7,12,16H,8-9H2,1-4H3,(H,17,18). The first-order chi connectivity index (χ1) is 9.76. The molecule has 1 aliphatic rings. The van der Waals surface area contributed by atoms with Gasteiger partial charge in [0.25, 0.3) is 0 Å². The molecular formula is C15H22N2O3S. The molecule has 1 aromatic rings. The topological polar surface area (TPSA) is 67.4 Å². The summed E-state index contributed by atoms with van der Waals surface area (Å²) in [6.45, 7) is 7.33. The van der Waals surface area contributed by atoms with Gasteiger partial charge in [0, 0.05) is 6.04 Å². The minimum Gasteiger partial charge on any atom is -0.443 e. The van der Waals surface area contributed by atoms with E-state index in [-0.39, 0.29) is 6.04 Å². The molecule has 0 heterocycles. The zero-order valence-corrected chi connectivity index (χ0v) is 13.7. The predicted octanol–water partition coefficient (Wildman–Crippen LogP) is 2.68. The van der Waals surface area contributed by atoms with Crippen LogP contribution in [0.25, 0.3) is 0 Å². The first kappa shape index (κ1) is 16.0. The lowest BCUT2D eigenvalue weighted by molar-refractivity contribution is 0.0572. The minimum absolute atomic E-state index is 0.00281. The summed E-state index contributed by atoms with van der Waals surface area (Å²) >= 11 is -1.66. The van der Waals surface area contributed by atoms with Crippen molar-refractivity contribution < 1.29 is 13.7 Å². The molecule has 0 aliphatic heterocycles. The Morgan fingerprint density at radius 1 is 1.38 bits per heavy atom. The zero-order chi connectivity index (χ0) is 15.6. The monoisotopic (exact) mass is 310 g/mol. The summed E-state index contributed by atoms with van der Waals surface area (Å²) in [5.41, 5.74) is 3.04. The van der Waals surface area contributed by atoms with Crippen LogP contribution in [0.15, 0.2) is 18.2 Å². The Labute approximate surface area is 128 Å². The summed E-state index contributed by atoms with van der Waals surface area (Å²) in [5.74, 6) is 0. The molecule has 2 unspecified atom stereocenters. The highest BCUT2D eigenvalue weighted by molar-refractivity contribution is 7.81. The van der Waals surface area contributed by atoms with E-state index in [2.05, 4.69) is 15.5 Å². The number of hydrogen-bond donors (Lipinski definition) is 2. The van der Waals surface area contributed by atoms with E-state index >= 15 is 0 Å². The van der Waals surface area contributed by atoms with Gasteiger partial charge in [-0.1, -0.05) is 18.2 Å². The average molecular weight is 310 g/mol. The number of fused-ring (bicyclic) bond motifs is 1. The summed E-state index contributed by atoms with van der Waals surface area (Å²) in [5, 5.41) is 0. The van der Waals surface area contributed by atoms with Crippen molar-refractivity contribution in [3.8, 4) is 0 Å². The summed E-state index contributed by atoms with van der Waals surface area (Å²) in [4.78, 5) is 11.6. The van der Waals surface area contributed by atoms with E-state index in [4.69, 9.17) is 4.74 Å². The number of carbonyl (C=O) groups is 1. The molecule has 0 fully saturated rings. The van der Waals surface area contributed by atoms with E-state index in [0.29, 0.717) is 0 Å². The first-order valence-electron chi connectivity index (χ1n) is 7.02. The predicted molar refractivity (Wildman–Crippen MR) is 82.9 cm³/mol. The van der Waals surface area contributed by atoms with Gasteiger partial charge in [0.2, 0.25) is 0 Å². The summed E-state index contributed by atoms with van der Waals surface area (Å²) in [6, 6.07) is 6.17. The van der Waals surface area contributed by atoms with Gasteiger partial charge < -0.3 is 4.74 Å². The van der Waals surface area contributed by atoms with Gasteiger partial charge in [0.05, 0.1) is 0 Å². The Morgan fingerprint density at radius 2 is 2.10 bits per heavy atom. The summed E-state index contributed by atoms with van der Waals surface area (Å²) in [7, 11) is 0. The van der Waals surface area contributed by atoms with E-state index in [9.17, 15) is 9.00 Å². The van der Waals surface area contributed by atoms with Crippen molar-refractivity contribution in [1.29, 1.82) is 0 Å². The third kappa shape index (κ3) is 4.28. The molecule has 1 aliphatic carbocycles. The molecule has 1 amide bonds. The number of nitrogens with one attached hydrogen (secondary N) is 2. The van der Waals surface area contributed by atoms with Gasteiger partial charge in [0.15, 0.2) is 11.2 Å². The molecule has 6 heteroatoms. The Kier molecular flexibility index (Phi) is 4.68. The normalized spacial score (nSPS) is 19.0. The fourth-order valence-electron chi connectivity index (χ4n) is 2.55. The highest BCUT2D eigenvalue weighted by Gasteiger charge is 2.26. The highest BCUT2D eigenvalue weighted by atomic mass is 32.2. The van der Waals surface area contributed by atoms with Gasteiger partial charge in [-0.3, -0.25) is 0 Å². The van der Waals surface area contributed by atoms with Gasteiger partial charge in [-0.2, -0.15) is 0 Å². The van der Waals surface area contributed by atoms with E-state index in [1.165, 1.54) is 16.7 Å². The minimum atomic E-state index is -1.66. The Balaban J connectivity index is 1.95. The summed E-state index contributed by atoms with van der Waals surface area (Å²) < 4.78 is 22.4. The van der Waals surface area contributed by atoms with Crippen LogP contribution in [0, 0.1) is 6.92 Å². The molecule has 2 atom stereocenters. The van der Waals surface area contributed by atoms with Crippen LogP contribution < -0.4 is 9.44 Å². The molecule has 5 nitrogen and oxygen atoms in total. The molecular weight excluding hydrogens is 288 g/mol. The fraction of sp³-hybridized carbons (Fsp3) is 0.533. The van der Waals surface area contributed by atoms with Crippen LogP contribution in [0.1, 0.15) is 49.9 Å². The molecule has 116 valence electrons. The summed E-state index contributed by atoms with van der Waals surface area (Å²) in [6.07, 6.45) is 1.15. The Hall–Kier alpha value is -1.40. The van der Waals surface area contributed by atoms with E-state index in [1.807, 2.05) is 19.1 Å². The van der Waals surface area contributed by atoms with Crippen LogP contribution >= 0.6 is 0 Å². The number of aryl methyl sites for hydroxylation is 2. The molecule has 0 bridgehead atoms. The maximum absolute atomic E-state index is 12.0. The lowest BCUT2D eigenvalue weighted by Crippen LogP contribution is -2.39. The molecule has 0 saturated carbocycles. The number of ether oxygens (including phenoxy) is 1. The second kappa shape index (κ2) is 6.15. The van der Waals surface area contributed by atoms with Crippen molar-refractivity contribution in [3.05, 3.63) is 34.9 Å². The van der Waals surface area contributed by atoms with E-state index < -0.39 is 22.9 Å². The van der Waals surface area contributed by atoms with Gasteiger partial charge in [0.1, 0.15) is 5.60 Å². The third-order valence-corrected chi connectivity index (χ3v) is 4.14. The molecule has 0 radical (unpaired) electrons. The molecule has 1 aromatic carbocycles. The van der Waals surface area contributed by atoms with Crippen LogP contribution in [0.4, 0.5) is 4.79 Å². The molecule has 0 aromatic heterocycles. The van der Waals surface area contributed by atoms with Crippen LogP contribution in [-0.2, 0) is 22.3 Å². The Bertz CT molecular complexity index is 567. The quantitative estimate of drug-likeness (QED) is 0.902. The average Bonchev–Trinajstić information content (AvgIpc) is 2.70. The maximum atomic E-state index is 12.0. The van der Waals surface area contributed by atoms with Gasteiger partial charge in [-0.25, -0.2) is 18.4 Å². The van der Waals surface area contributed by atoms with Crippen LogP contribution in [0.2, 0.25) is 0 Å². The fourth-order valence-corrected chi connectivity index (χ4v) is 3.30. The molecule has 2 rings (SSSR count). The van der Waals surface area contributed by atoms with E-state index in [0.717, 1.165) is 12.8 Å². The van der Waals surface area contributed by atoms with Crippen molar-refractivity contribution in [1.82, 2.24) is 9.44 Å². The van der Waals surface area contributed by atoms with Gasteiger partial charge >= 0.3 is 6.09 Å². The van der Waals surface area contributed by atoms with Crippen LogP contribution in [0.3, 0.4) is 0 Å². The second-order valence-corrected chi connectivity index (χ2v) is 7.21. The number of rotatable bonds is 3. The van der Waals surface area contributed by atoms with Crippen molar-refractivity contribution in [3.63, 3.8) is 0 Å². The van der Waals surface area contributed by atoms with Crippen molar-refractivity contribution in [2.45, 2.75) is 52.2 Å². The first-order valence-corrected chi connectivity index (χ1v) is 8.17.